The summed E-state index contributed by atoms with van der Waals surface area (Å²) in [6, 6.07) is 4.24. The van der Waals surface area contributed by atoms with E-state index in [-0.39, 0.29) is 18.2 Å². The molecule has 0 unspecified atom stereocenters. The highest BCUT2D eigenvalue weighted by Gasteiger charge is 2.14. The summed E-state index contributed by atoms with van der Waals surface area (Å²) in [5.74, 6) is -1.82. The van der Waals surface area contributed by atoms with Gasteiger partial charge in [0.25, 0.3) is 0 Å². The summed E-state index contributed by atoms with van der Waals surface area (Å²) in [4.78, 5) is 0. The van der Waals surface area contributed by atoms with E-state index in [4.69, 9.17) is 16.3 Å². The molecule has 1 heterocycles. The number of halogens is 3. The zero-order chi connectivity index (χ0) is 15.4. The lowest BCUT2D eigenvalue weighted by molar-refractivity contribution is 0.263. The van der Waals surface area contributed by atoms with Gasteiger partial charge in [0.1, 0.15) is 6.61 Å². The summed E-state index contributed by atoms with van der Waals surface area (Å²) < 4.78 is 34.7. The van der Waals surface area contributed by atoms with Crippen LogP contribution in [0.4, 0.5) is 8.78 Å². The number of nitrogens with zero attached hydrogens (tertiary/aromatic N) is 2. The van der Waals surface area contributed by atoms with Crippen molar-refractivity contribution in [1.29, 1.82) is 0 Å². The molecule has 21 heavy (non-hydrogen) atoms. The summed E-state index contributed by atoms with van der Waals surface area (Å²) in [7, 11) is 0. The molecule has 1 aromatic heterocycles. The third kappa shape index (κ3) is 3.53. The Morgan fingerprint density at radius 1 is 1.19 bits per heavy atom. The molecule has 0 spiro atoms. The van der Waals surface area contributed by atoms with Crippen LogP contribution in [-0.2, 0) is 25.5 Å². The van der Waals surface area contributed by atoms with Gasteiger partial charge in [-0.15, -0.1) is 11.6 Å². The van der Waals surface area contributed by atoms with Crippen molar-refractivity contribution in [1.82, 2.24) is 9.78 Å². The van der Waals surface area contributed by atoms with E-state index in [1.165, 1.54) is 12.1 Å². The smallest absolute Gasteiger partial charge is 0.191 e. The van der Waals surface area contributed by atoms with Crippen molar-refractivity contribution in [3.63, 3.8) is 0 Å². The van der Waals surface area contributed by atoms with Gasteiger partial charge in [-0.25, -0.2) is 8.78 Å². The van der Waals surface area contributed by atoms with E-state index in [2.05, 4.69) is 5.10 Å². The quantitative estimate of drug-likeness (QED) is 0.752. The Labute approximate surface area is 127 Å². The highest BCUT2D eigenvalue weighted by Crippen LogP contribution is 2.25. The minimum atomic E-state index is -0.746. The Morgan fingerprint density at radius 2 is 1.86 bits per heavy atom. The molecule has 3 nitrogen and oxygen atoms in total. The number of ether oxygens (including phenoxy) is 1. The average molecular weight is 315 g/mol. The van der Waals surface area contributed by atoms with Crippen LogP contribution in [0, 0.1) is 11.6 Å². The summed E-state index contributed by atoms with van der Waals surface area (Å²) in [6.07, 6.45) is 0.799. The lowest BCUT2D eigenvalue weighted by Gasteiger charge is -2.10. The molecule has 0 saturated heterocycles. The fourth-order valence-electron chi connectivity index (χ4n) is 2.05. The maximum atomic E-state index is 13.8. The van der Waals surface area contributed by atoms with E-state index in [1.807, 2.05) is 19.9 Å². The van der Waals surface area contributed by atoms with Crippen molar-refractivity contribution < 1.29 is 13.5 Å². The SMILES string of the molecule is CCc1cc(COc2c(F)cc(CCl)cc2F)n(CC)n1. The van der Waals surface area contributed by atoms with Crippen LogP contribution in [0.3, 0.4) is 0 Å². The van der Waals surface area contributed by atoms with Gasteiger partial charge in [-0.05, 0) is 37.1 Å². The second-order valence-corrected chi connectivity index (χ2v) is 4.87. The average Bonchev–Trinajstić information content (AvgIpc) is 2.88. The Bertz CT molecular complexity index is 605. The van der Waals surface area contributed by atoms with Gasteiger partial charge in [-0.3, -0.25) is 4.68 Å². The first-order valence-electron chi connectivity index (χ1n) is 6.81. The predicted molar refractivity (Wildman–Crippen MR) is 77.5 cm³/mol. The van der Waals surface area contributed by atoms with Crippen molar-refractivity contribution in [2.24, 2.45) is 0 Å². The normalized spacial score (nSPS) is 10.9. The molecular formula is C15H17ClF2N2O. The molecule has 2 rings (SSSR count). The lowest BCUT2D eigenvalue weighted by atomic mass is 10.2. The largest absolute Gasteiger partial charge is 0.481 e. The summed E-state index contributed by atoms with van der Waals surface area (Å²) >= 11 is 5.57. The Kier molecular flexibility index (Phi) is 5.17. The summed E-state index contributed by atoms with van der Waals surface area (Å²) in [6.45, 7) is 4.69. The van der Waals surface area contributed by atoms with E-state index in [1.54, 1.807) is 4.68 Å². The van der Waals surface area contributed by atoms with Gasteiger partial charge in [0.15, 0.2) is 17.4 Å². The molecule has 0 amide bonds. The van der Waals surface area contributed by atoms with Crippen molar-refractivity contribution in [3.05, 3.63) is 46.8 Å². The monoisotopic (exact) mass is 314 g/mol. The van der Waals surface area contributed by atoms with E-state index < -0.39 is 11.6 Å². The fraction of sp³-hybridized carbons (Fsp3) is 0.400. The predicted octanol–water partition coefficient (Wildman–Crippen LogP) is 4.06. The maximum absolute atomic E-state index is 13.8. The molecule has 2 aromatic rings. The maximum Gasteiger partial charge on any atom is 0.191 e. The van der Waals surface area contributed by atoms with Gasteiger partial charge in [-0.2, -0.15) is 5.10 Å². The number of aromatic nitrogens is 2. The molecule has 0 atom stereocenters. The second kappa shape index (κ2) is 6.89. The standard InChI is InChI=1S/C15H17ClF2N2O/c1-3-11-7-12(20(4-2)19-11)9-21-15-13(17)5-10(8-16)6-14(15)18/h5-7H,3-4,8-9H2,1-2H3. The molecule has 0 N–H and O–H groups in total. The second-order valence-electron chi connectivity index (χ2n) is 4.61. The van der Waals surface area contributed by atoms with Gasteiger partial charge in [-0.1, -0.05) is 6.92 Å². The molecule has 0 radical (unpaired) electrons. The van der Waals surface area contributed by atoms with Gasteiger partial charge < -0.3 is 4.74 Å². The topological polar surface area (TPSA) is 27.1 Å². The van der Waals surface area contributed by atoms with Crippen LogP contribution in [0.1, 0.15) is 30.8 Å². The molecule has 0 saturated carbocycles. The minimum absolute atomic E-state index is 0.0522. The van der Waals surface area contributed by atoms with Crippen LogP contribution in [0.15, 0.2) is 18.2 Å². The van der Waals surface area contributed by atoms with Crippen LogP contribution in [0.2, 0.25) is 0 Å². The van der Waals surface area contributed by atoms with Crippen LogP contribution in [0.25, 0.3) is 0 Å². The van der Waals surface area contributed by atoms with Gasteiger partial charge >= 0.3 is 0 Å². The summed E-state index contributed by atoms with van der Waals surface area (Å²) in [5.41, 5.74) is 2.09. The van der Waals surface area contributed by atoms with E-state index in [9.17, 15) is 8.78 Å². The first kappa shape index (κ1) is 15.8. The molecule has 6 heteroatoms. The Balaban J connectivity index is 2.18. The lowest BCUT2D eigenvalue weighted by Crippen LogP contribution is -2.07. The van der Waals surface area contributed by atoms with Crippen molar-refractivity contribution in [2.75, 3.05) is 0 Å². The number of hydrogen-bond donors (Lipinski definition) is 0. The van der Waals surface area contributed by atoms with E-state index in [0.29, 0.717) is 12.1 Å². The first-order valence-corrected chi connectivity index (χ1v) is 7.34. The highest BCUT2D eigenvalue weighted by atomic mass is 35.5. The van der Waals surface area contributed by atoms with Gasteiger partial charge in [0.2, 0.25) is 0 Å². The molecule has 0 aliphatic rings. The molecule has 0 aliphatic carbocycles. The Hall–Kier alpha value is -1.62. The zero-order valence-corrected chi connectivity index (χ0v) is 12.8. The third-order valence-electron chi connectivity index (χ3n) is 3.15. The van der Waals surface area contributed by atoms with Crippen LogP contribution in [0.5, 0.6) is 5.75 Å². The molecule has 0 fully saturated rings. The van der Waals surface area contributed by atoms with E-state index >= 15 is 0 Å². The van der Waals surface area contributed by atoms with Gasteiger partial charge in [0, 0.05) is 12.4 Å². The minimum Gasteiger partial charge on any atom is -0.481 e. The number of rotatable bonds is 6. The van der Waals surface area contributed by atoms with Crippen LogP contribution >= 0.6 is 11.6 Å². The number of benzene rings is 1. The molecule has 114 valence electrons. The highest BCUT2D eigenvalue weighted by molar-refractivity contribution is 6.17. The van der Waals surface area contributed by atoms with Crippen LogP contribution < -0.4 is 4.74 Å². The number of aryl methyl sites for hydroxylation is 2. The van der Waals surface area contributed by atoms with E-state index in [0.717, 1.165) is 17.8 Å². The third-order valence-corrected chi connectivity index (χ3v) is 3.46. The molecule has 0 aliphatic heterocycles. The Morgan fingerprint density at radius 3 is 2.38 bits per heavy atom. The number of alkyl halides is 1. The summed E-state index contributed by atoms with van der Waals surface area (Å²) in [5, 5.41) is 4.36. The molecule has 1 aromatic carbocycles. The first-order chi connectivity index (χ1) is 10.1. The van der Waals surface area contributed by atoms with Crippen molar-refractivity contribution in [2.45, 2.75) is 39.3 Å². The van der Waals surface area contributed by atoms with Crippen molar-refractivity contribution >= 4 is 11.6 Å². The van der Waals surface area contributed by atoms with Crippen LogP contribution in [-0.4, -0.2) is 9.78 Å². The molecular weight excluding hydrogens is 298 g/mol. The molecule has 0 bridgehead atoms. The van der Waals surface area contributed by atoms with Gasteiger partial charge in [0.05, 0.1) is 11.4 Å². The fourth-order valence-corrected chi connectivity index (χ4v) is 2.21. The zero-order valence-electron chi connectivity index (χ0n) is 12.0. The number of hydrogen-bond acceptors (Lipinski definition) is 2. The van der Waals surface area contributed by atoms with Crippen molar-refractivity contribution in [3.8, 4) is 5.75 Å².